The minimum atomic E-state index is 1.24. The summed E-state index contributed by atoms with van der Waals surface area (Å²) in [7, 11) is 2.19. The lowest BCUT2D eigenvalue weighted by Gasteiger charge is -2.09. The van der Waals surface area contributed by atoms with Gasteiger partial charge in [-0.25, -0.2) is 0 Å². The molecule has 1 aliphatic heterocycles. The lowest BCUT2D eigenvalue weighted by Crippen LogP contribution is -2.16. The Hall–Kier alpha value is 0.310. The van der Waals surface area contributed by atoms with Gasteiger partial charge in [-0.05, 0) is 32.2 Å². The van der Waals surface area contributed by atoms with Gasteiger partial charge < -0.3 is 0 Å². The molecule has 0 aromatic carbocycles. The smallest absolute Gasteiger partial charge is 0.0441 e. The fourth-order valence-electron chi connectivity index (χ4n) is 0.871. The maximum Gasteiger partial charge on any atom is 0.0441 e. The average molecular weight is 161 g/mol. The molecular formula is C8H19NS. The lowest BCUT2D eigenvalue weighted by molar-refractivity contribution is 0.390. The summed E-state index contributed by atoms with van der Waals surface area (Å²) in [5.41, 5.74) is 0. The molecule has 0 unspecified atom stereocenters. The zero-order chi connectivity index (χ0) is 7.82. The summed E-state index contributed by atoms with van der Waals surface area (Å²) in [5.74, 6) is 2.60. The molecule has 1 heterocycles. The van der Waals surface area contributed by atoms with Crippen molar-refractivity contribution in [1.82, 2.24) is 4.90 Å². The Labute approximate surface area is 69.2 Å². The van der Waals surface area contributed by atoms with Crippen molar-refractivity contribution in [3.63, 3.8) is 0 Å². The summed E-state index contributed by atoms with van der Waals surface area (Å²) < 4.78 is 0. The van der Waals surface area contributed by atoms with Gasteiger partial charge in [-0.15, -0.1) is 11.8 Å². The van der Waals surface area contributed by atoms with Gasteiger partial charge in [-0.1, -0.05) is 13.8 Å². The van der Waals surface area contributed by atoms with Gasteiger partial charge >= 0.3 is 0 Å². The van der Waals surface area contributed by atoms with E-state index in [1.54, 1.807) is 0 Å². The Balaban J connectivity index is 0.000000371. The predicted octanol–water partition coefficient (Wildman–Crippen LogP) is 2.43. The molecule has 0 amide bonds. The zero-order valence-corrected chi connectivity index (χ0v) is 8.21. The van der Waals surface area contributed by atoms with Crippen molar-refractivity contribution in [3.8, 4) is 0 Å². The van der Waals surface area contributed by atoms with Crippen LogP contribution in [0.5, 0.6) is 0 Å². The van der Waals surface area contributed by atoms with Gasteiger partial charge in [0.15, 0.2) is 0 Å². The fourth-order valence-corrected chi connectivity index (χ4v) is 1.85. The van der Waals surface area contributed by atoms with Crippen LogP contribution in [0.25, 0.3) is 0 Å². The monoisotopic (exact) mass is 161 g/mol. The first-order chi connectivity index (χ1) is 4.89. The van der Waals surface area contributed by atoms with Crippen LogP contribution >= 0.6 is 11.8 Å². The molecule has 1 rings (SSSR count). The largest absolute Gasteiger partial charge is 0.297 e. The van der Waals surface area contributed by atoms with Gasteiger partial charge in [0.1, 0.15) is 0 Å². The van der Waals surface area contributed by atoms with E-state index in [9.17, 15) is 0 Å². The van der Waals surface area contributed by atoms with Gasteiger partial charge in [-0.3, -0.25) is 4.90 Å². The predicted molar refractivity (Wildman–Crippen MR) is 50.5 cm³/mol. The van der Waals surface area contributed by atoms with Crippen LogP contribution in [0.4, 0.5) is 0 Å². The van der Waals surface area contributed by atoms with Crippen LogP contribution in [0.3, 0.4) is 0 Å². The van der Waals surface area contributed by atoms with Crippen molar-refractivity contribution in [2.45, 2.75) is 26.7 Å². The molecule has 0 bridgehead atoms. The highest BCUT2D eigenvalue weighted by Crippen LogP contribution is 2.11. The van der Waals surface area contributed by atoms with E-state index in [0.717, 1.165) is 0 Å². The second-order valence-electron chi connectivity index (χ2n) is 2.32. The van der Waals surface area contributed by atoms with Gasteiger partial charge in [0, 0.05) is 5.88 Å². The van der Waals surface area contributed by atoms with Gasteiger partial charge in [0.25, 0.3) is 0 Å². The maximum absolute atomic E-state index is 2.39. The van der Waals surface area contributed by atoms with Gasteiger partial charge in [-0.2, -0.15) is 0 Å². The van der Waals surface area contributed by atoms with E-state index in [4.69, 9.17) is 0 Å². The third-order valence-corrected chi connectivity index (χ3v) is 2.59. The Morgan fingerprint density at radius 2 is 1.90 bits per heavy atom. The van der Waals surface area contributed by atoms with Crippen molar-refractivity contribution >= 4 is 11.8 Å². The first-order valence-corrected chi connectivity index (χ1v) is 5.31. The van der Waals surface area contributed by atoms with E-state index >= 15 is 0 Å². The fraction of sp³-hybridized carbons (Fsp3) is 1.00. The topological polar surface area (TPSA) is 3.24 Å². The average Bonchev–Trinajstić information content (AvgIpc) is 2.21. The summed E-state index contributed by atoms with van der Waals surface area (Å²) in [6, 6.07) is 0. The normalized spacial score (nSPS) is 20.7. The molecule has 0 atom stereocenters. The molecule has 0 aliphatic carbocycles. The molecule has 0 radical (unpaired) electrons. The molecule has 0 saturated carbocycles. The summed E-state index contributed by atoms with van der Waals surface area (Å²) in [4.78, 5) is 2.39. The molecule has 1 nitrogen and oxygen atoms in total. The third-order valence-electron chi connectivity index (χ3n) is 1.39. The first kappa shape index (κ1) is 10.3. The van der Waals surface area contributed by atoms with Crippen molar-refractivity contribution < 1.29 is 0 Å². The van der Waals surface area contributed by atoms with Crippen LogP contribution in [-0.2, 0) is 0 Å². The first-order valence-electron chi connectivity index (χ1n) is 4.16. The molecule has 0 spiro atoms. The van der Waals surface area contributed by atoms with Crippen LogP contribution in [-0.4, -0.2) is 30.1 Å². The number of hydrogen-bond acceptors (Lipinski definition) is 2. The molecule has 0 N–H and O–H groups in total. The Bertz CT molecular complexity index is 58.3. The van der Waals surface area contributed by atoms with E-state index < -0.39 is 0 Å². The third kappa shape index (κ3) is 5.12. The summed E-state index contributed by atoms with van der Waals surface area (Å²) >= 11 is 2.05. The second kappa shape index (κ2) is 7.42. The van der Waals surface area contributed by atoms with E-state index in [1.807, 2.05) is 25.6 Å². The number of rotatable bonds is 0. The van der Waals surface area contributed by atoms with Crippen molar-refractivity contribution in [3.05, 3.63) is 0 Å². The zero-order valence-electron chi connectivity index (χ0n) is 7.39. The van der Waals surface area contributed by atoms with E-state index in [2.05, 4.69) is 11.9 Å². The van der Waals surface area contributed by atoms with Crippen molar-refractivity contribution in [2.75, 3.05) is 25.2 Å². The van der Waals surface area contributed by atoms with Crippen molar-refractivity contribution in [2.24, 2.45) is 0 Å². The maximum atomic E-state index is 2.39. The SMILES string of the molecule is CC.CN1CCCCSC1. The van der Waals surface area contributed by atoms with E-state index in [0.29, 0.717) is 0 Å². The van der Waals surface area contributed by atoms with E-state index in [1.165, 1.54) is 31.0 Å². The lowest BCUT2D eigenvalue weighted by atomic mass is 10.3. The summed E-state index contributed by atoms with van der Waals surface area (Å²) in [5, 5.41) is 0. The molecule has 10 heavy (non-hydrogen) atoms. The van der Waals surface area contributed by atoms with Crippen molar-refractivity contribution in [1.29, 1.82) is 0 Å². The van der Waals surface area contributed by atoms with Crippen LogP contribution < -0.4 is 0 Å². The molecule has 1 fully saturated rings. The Morgan fingerprint density at radius 3 is 2.60 bits per heavy atom. The van der Waals surface area contributed by atoms with Crippen LogP contribution in [0.2, 0.25) is 0 Å². The highest BCUT2D eigenvalue weighted by Gasteiger charge is 2.01. The molecule has 0 aromatic rings. The highest BCUT2D eigenvalue weighted by molar-refractivity contribution is 7.99. The quantitative estimate of drug-likeness (QED) is 0.537. The number of hydrogen-bond donors (Lipinski definition) is 0. The van der Waals surface area contributed by atoms with Crippen LogP contribution in [0.1, 0.15) is 26.7 Å². The summed E-state index contributed by atoms with van der Waals surface area (Å²) in [6.07, 6.45) is 2.80. The summed E-state index contributed by atoms with van der Waals surface area (Å²) in [6.45, 7) is 5.30. The minimum Gasteiger partial charge on any atom is -0.297 e. The van der Waals surface area contributed by atoms with E-state index in [-0.39, 0.29) is 0 Å². The van der Waals surface area contributed by atoms with Crippen LogP contribution in [0, 0.1) is 0 Å². The Kier molecular flexibility index (Phi) is 7.65. The van der Waals surface area contributed by atoms with Gasteiger partial charge in [0.05, 0.1) is 0 Å². The standard InChI is InChI=1S/C6H13NS.C2H6/c1-7-4-2-3-5-8-6-7;1-2/h2-6H2,1H3;1-2H3. The molecule has 62 valence electrons. The number of nitrogens with zero attached hydrogens (tertiary/aromatic N) is 1. The minimum absolute atomic E-state index is 1.24. The Morgan fingerprint density at radius 1 is 1.20 bits per heavy atom. The molecule has 1 saturated heterocycles. The second-order valence-corrected chi connectivity index (χ2v) is 3.40. The van der Waals surface area contributed by atoms with Crippen LogP contribution in [0.15, 0.2) is 0 Å². The van der Waals surface area contributed by atoms with Gasteiger partial charge in [0.2, 0.25) is 0 Å². The molecular weight excluding hydrogens is 142 g/mol. The molecule has 0 aromatic heterocycles. The molecule has 1 aliphatic rings. The molecule has 2 heteroatoms. The highest BCUT2D eigenvalue weighted by atomic mass is 32.2. The number of thioether (sulfide) groups is 1.